The number of hydrogen-bond donors (Lipinski definition) is 0. The molecule has 4 heteroatoms. The highest BCUT2D eigenvalue weighted by atomic mass is 16.6. The molecule has 0 saturated carbocycles. The summed E-state index contributed by atoms with van der Waals surface area (Å²) >= 11 is 0. The lowest BCUT2D eigenvalue weighted by Crippen LogP contribution is -2.36. The molecule has 0 aromatic carbocycles. The molecule has 1 fully saturated rings. The molecule has 1 saturated heterocycles. The van der Waals surface area contributed by atoms with Crippen LogP contribution in [0.25, 0.3) is 0 Å². The number of carbonyl (C=O) groups is 1. The number of rotatable bonds is 2. The Bertz CT molecular complexity index is 222. The van der Waals surface area contributed by atoms with Gasteiger partial charge in [0, 0.05) is 13.2 Å². The van der Waals surface area contributed by atoms with Crippen LogP contribution < -0.4 is 0 Å². The molecule has 0 bridgehead atoms. The molecule has 1 unspecified atom stereocenters. The number of likely N-dealkylation sites (tertiary alicyclic amines) is 1. The highest BCUT2D eigenvalue weighted by Crippen LogP contribution is 2.16. The summed E-state index contributed by atoms with van der Waals surface area (Å²) in [6.07, 6.45) is 0.861. The van der Waals surface area contributed by atoms with Gasteiger partial charge in [-0.25, -0.2) is 4.79 Å². The van der Waals surface area contributed by atoms with E-state index >= 15 is 0 Å². The van der Waals surface area contributed by atoms with Gasteiger partial charge in [-0.2, -0.15) is 0 Å². The van der Waals surface area contributed by atoms with Crippen molar-refractivity contribution in [3.8, 4) is 0 Å². The van der Waals surface area contributed by atoms with Gasteiger partial charge in [-0.3, -0.25) is 0 Å². The van der Waals surface area contributed by atoms with Crippen molar-refractivity contribution in [1.82, 2.24) is 4.90 Å². The second-order valence-corrected chi connectivity index (χ2v) is 4.79. The molecule has 0 radical (unpaired) electrons. The molecule has 4 nitrogen and oxygen atoms in total. The van der Waals surface area contributed by atoms with Gasteiger partial charge in [0.2, 0.25) is 0 Å². The Balaban J connectivity index is 2.37. The molecule has 1 amide bonds. The van der Waals surface area contributed by atoms with Crippen LogP contribution in [0.3, 0.4) is 0 Å². The lowest BCUT2D eigenvalue weighted by Gasteiger charge is -2.24. The van der Waals surface area contributed by atoms with Crippen LogP contribution in [0.1, 0.15) is 34.1 Å². The Morgan fingerprint density at radius 3 is 2.67 bits per heavy atom. The molecule has 0 N–H and O–H groups in total. The van der Waals surface area contributed by atoms with Crippen molar-refractivity contribution < 1.29 is 14.3 Å². The number of ether oxygens (including phenoxy) is 2. The maximum atomic E-state index is 11.7. The van der Waals surface area contributed by atoms with Crippen molar-refractivity contribution in [2.75, 3.05) is 19.7 Å². The van der Waals surface area contributed by atoms with Crippen LogP contribution in [0.4, 0.5) is 4.79 Å². The number of hydrogen-bond acceptors (Lipinski definition) is 3. The van der Waals surface area contributed by atoms with Crippen LogP contribution in [0.15, 0.2) is 0 Å². The molecule has 1 rings (SSSR count). The summed E-state index contributed by atoms with van der Waals surface area (Å²) in [5.74, 6) is 0. The topological polar surface area (TPSA) is 38.8 Å². The summed E-state index contributed by atoms with van der Waals surface area (Å²) in [7, 11) is 0. The van der Waals surface area contributed by atoms with E-state index < -0.39 is 5.60 Å². The summed E-state index contributed by atoms with van der Waals surface area (Å²) in [5.41, 5.74) is -0.416. The third-order valence-corrected chi connectivity index (χ3v) is 2.20. The van der Waals surface area contributed by atoms with Gasteiger partial charge in [-0.05, 0) is 34.1 Å². The molecular formula is C11H21NO3. The minimum Gasteiger partial charge on any atom is -0.444 e. The number of nitrogens with zero attached hydrogens (tertiary/aromatic N) is 1. The zero-order valence-corrected chi connectivity index (χ0v) is 10.1. The van der Waals surface area contributed by atoms with E-state index in [1.54, 1.807) is 4.90 Å². The summed E-state index contributed by atoms with van der Waals surface area (Å²) in [5, 5.41) is 0. The molecule has 88 valence electrons. The first kappa shape index (κ1) is 12.3. The maximum absolute atomic E-state index is 11.7. The van der Waals surface area contributed by atoms with Crippen LogP contribution in [-0.4, -0.2) is 42.4 Å². The normalized spacial score (nSPS) is 21.9. The molecule has 1 heterocycles. The van der Waals surface area contributed by atoms with E-state index in [0.29, 0.717) is 13.2 Å². The third kappa shape index (κ3) is 4.08. The van der Waals surface area contributed by atoms with Gasteiger partial charge in [-0.15, -0.1) is 0 Å². The van der Waals surface area contributed by atoms with Gasteiger partial charge in [0.05, 0.1) is 12.6 Å². The summed E-state index contributed by atoms with van der Waals surface area (Å²) < 4.78 is 10.7. The highest BCUT2D eigenvalue weighted by molar-refractivity contribution is 5.68. The Hall–Kier alpha value is -0.770. The van der Waals surface area contributed by atoms with Crippen LogP contribution in [0.2, 0.25) is 0 Å². The molecule has 1 aliphatic rings. The summed E-state index contributed by atoms with van der Waals surface area (Å²) in [6.45, 7) is 9.69. The first-order chi connectivity index (χ1) is 6.92. The van der Waals surface area contributed by atoms with Gasteiger partial charge in [0.25, 0.3) is 0 Å². The predicted octanol–water partition coefficient (Wildman–Crippen LogP) is 2.03. The minimum absolute atomic E-state index is 0.183. The second kappa shape index (κ2) is 4.84. The van der Waals surface area contributed by atoms with E-state index in [1.807, 2.05) is 27.7 Å². The maximum Gasteiger partial charge on any atom is 0.410 e. The van der Waals surface area contributed by atoms with E-state index in [9.17, 15) is 4.79 Å². The number of carbonyl (C=O) groups excluding carboxylic acids is 1. The zero-order valence-electron chi connectivity index (χ0n) is 10.1. The quantitative estimate of drug-likeness (QED) is 0.707. The Labute approximate surface area is 91.5 Å². The van der Waals surface area contributed by atoms with Crippen LogP contribution in [0.5, 0.6) is 0 Å². The Kier molecular flexibility index (Phi) is 3.97. The van der Waals surface area contributed by atoms with Crippen LogP contribution in [-0.2, 0) is 9.47 Å². The standard InChI is InChI=1S/C11H21NO3/c1-5-14-9-6-7-12(8-9)10(13)15-11(2,3)4/h9H,5-8H2,1-4H3. The van der Waals surface area contributed by atoms with E-state index in [4.69, 9.17) is 9.47 Å². The summed E-state index contributed by atoms with van der Waals surface area (Å²) in [4.78, 5) is 13.4. The fourth-order valence-corrected chi connectivity index (χ4v) is 1.59. The van der Waals surface area contributed by atoms with Gasteiger partial charge in [0.1, 0.15) is 5.60 Å². The highest BCUT2D eigenvalue weighted by Gasteiger charge is 2.29. The first-order valence-corrected chi connectivity index (χ1v) is 5.52. The van der Waals surface area contributed by atoms with Gasteiger partial charge < -0.3 is 14.4 Å². The fraction of sp³-hybridized carbons (Fsp3) is 0.909. The van der Waals surface area contributed by atoms with E-state index in [0.717, 1.165) is 13.0 Å². The molecule has 1 atom stereocenters. The molecule has 1 aliphatic heterocycles. The monoisotopic (exact) mass is 215 g/mol. The lowest BCUT2D eigenvalue weighted by molar-refractivity contribution is 0.0223. The average molecular weight is 215 g/mol. The zero-order chi connectivity index (χ0) is 11.5. The SMILES string of the molecule is CCOC1CCN(C(=O)OC(C)(C)C)C1. The van der Waals surface area contributed by atoms with E-state index in [1.165, 1.54) is 0 Å². The largest absolute Gasteiger partial charge is 0.444 e. The molecular weight excluding hydrogens is 194 g/mol. The van der Waals surface area contributed by atoms with Gasteiger partial charge >= 0.3 is 6.09 Å². The molecule has 0 aromatic heterocycles. The third-order valence-electron chi connectivity index (χ3n) is 2.20. The molecule has 0 aliphatic carbocycles. The molecule has 15 heavy (non-hydrogen) atoms. The van der Waals surface area contributed by atoms with Gasteiger partial charge in [0.15, 0.2) is 0 Å². The summed E-state index contributed by atoms with van der Waals surface area (Å²) in [6, 6.07) is 0. The van der Waals surface area contributed by atoms with Crippen molar-refractivity contribution in [3.63, 3.8) is 0 Å². The fourth-order valence-electron chi connectivity index (χ4n) is 1.59. The first-order valence-electron chi connectivity index (χ1n) is 5.52. The smallest absolute Gasteiger partial charge is 0.410 e. The Morgan fingerprint density at radius 2 is 2.13 bits per heavy atom. The molecule has 0 aromatic rings. The van der Waals surface area contributed by atoms with Crippen LogP contribution >= 0.6 is 0 Å². The predicted molar refractivity (Wildman–Crippen MR) is 57.8 cm³/mol. The Morgan fingerprint density at radius 1 is 1.47 bits per heavy atom. The molecule has 0 spiro atoms. The van der Waals surface area contributed by atoms with Crippen molar-refractivity contribution in [2.45, 2.75) is 45.8 Å². The van der Waals surface area contributed by atoms with E-state index in [2.05, 4.69) is 0 Å². The average Bonchev–Trinajstić information content (AvgIpc) is 2.50. The van der Waals surface area contributed by atoms with Crippen molar-refractivity contribution in [3.05, 3.63) is 0 Å². The number of amides is 1. The minimum atomic E-state index is -0.416. The van der Waals surface area contributed by atoms with Crippen molar-refractivity contribution in [1.29, 1.82) is 0 Å². The second-order valence-electron chi connectivity index (χ2n) is 4.79. The van der Waals surface area contributed by atoms with E-state index in [-0.39, 0.29) is 12.2 Å². The van der Waals surface area contributed by atoms with Crippen molar-refractivity contribution in [2.24, 2.45) is 0 Å². The van der Waals surface area contributed by atoms with Crippen molar-refractivity contribution >= 4 is 6.09 Å². The lowest BCUT2D eigenvalue weighted by atomic mass is 10.2. The van der Waals surface area contributed by atoms with Gasteiger partial charge in [-0.1, -0.05) is 0 Å². The van der Waals surface area contributed by atoms with Crippen LogP contribution in [0, 0.1) is 0 Å².